The van der Waals surface area contributed by atoms with Crippen molar-refractivity contribution in [3.05, 3.63) is 17.2 Å². The van der Waals surface area contributed by atoms with Gasteiger partial charge in [0, 0.05) is 13.0 Å². The highest BCUT2D eigenvalue weighted by atomic mass is 35.5. The molecule has 0 unspecified atom stereocenters. The van der Waals surface area contributed by atoms with Gasteiger partial charge in [0.2, 0.25) is 15.9 Å². The Kier molecular flexibility index (Phi) is 7.21. The number of carboxylic acids is 1. The number of sulfonamides is 1. The van der Waals surface area contributed by atoms with Crippen molar-refractivity contribution in [3.8, 4) is 5.75 Å². The van der Waals surface area contributed by atoms with Crippen LogP contribution in [0.5, 0.6) is 5.75 Å². The van der Waals surface area contributed by atoms with E-state index in [-0.39, 0.29) is 27.3 Å². The first-order valence-corrected chi connectivity index (χ1v) is 9.29. The molecule has 1 amide bonds. The number of aliphatic carboxylic acids is 1. The third-order valence-electron chi connectivity index (χ3n) is 3.61. The first kappa shape index (κ1) is 21.2. The van der Waals surface area contributed by atoms with E-state index in [0.29, 0.717) is 6.42 Å². The molecule has 2 atom stereocenters. The third-order valence-corrected chi connectivity index (χ3v) is 5.39. The zero-order valence-corrected chi connectivity index (χ0v) is 15.9. The molecule has 8 nitrogen and oxygen atoms in total. The highest BCUT2D eigenvalue weighted by Gasteiger charge is 2.31. The molecule has 0 radical (unpaired) electrons. The van der Waals surface area contributed by atoms with E-state index in [1.165, 1.54) is 20.1 Å². The lowest BCUT2D eigenvalue weighted by atomic mass is 10.0. The number of hydrogen-bond acceptors (Lipinski definition) is 5. The molecule has 140 valence electrons. The molecule has 0 heterocycles. The van der Waals surface area contributed by atoms with Gasteiger partial charge in [-0.15, -0.1) is 0 Å². The molecule has 1 aromatic carbocycles. The molecule has 3 N–H and O–H groups in total. The summed E-state index contributed by atoms with van der Waals surface area (Å²) in [5, 5.41) is 11.7. The number of rotatable bonds is 8. The lowest BCUT2D eigenvalue weighted by molar-refractivity contribution is -0.140. The van der Waals surface area contributed by atoms with E-state index in [4.69, 9.17) is 16.3 Å². The Morgan fingerprint density at radius 1 is 1.36 bits per heavy atom. The number of carbonyl (C=O) groups is 2. The summed E-state index contributed by atoms with van der Waals surface area (Å²) in [6.07, 6.45) is 0.471. The summed E-state index contributed by atoms with van der Waals surface area (Å²) in [5.41, 5.74) is 0.182. The average Bonchev–Trinajstić information content (AvgIpc) is 2.52. The van der Waals surface area contributed by atoms with Gasteiger partial charge in [-0.2, -0.15) is 4.72 Å². The Morgan fingerprint density at radius 2 is 1.96 bits per heavy atom. The van der Waals surface area contributed by atoms with Gasteiger partial charge in [0.1, 0.15) is 16.7 Å². The second-order valence-corrected chi connectivity index (χ2v) is 7.58. The Balaban J connectivity index is 3.35. The van der Waals surface area contributed by atoms with Gasteiger partial charge in [0.05, 0.1) is 17.8 Å². The first-order chi connectivity index (χ1) is 11.5. The Bertz CT molecular complexity index is 766. The number of amides is 1. The molecular weight excluding hydrogens is 372 g/mol. The smallest absolute Gasteiger partial charge is 0.322 e. The minimum absolute atomic E-state index is 0.0215. The van der Waals surface area contributed by atoms with Gasteiger partial charge < -0.3 is 15.2 Å². The van der Waals surface area contributed by atoms with Gasteiger partial charge in [-0.3, -0.25) is 9.59 Å². The van der Waals surface area contributed by atoms with Crippen LogP contribution < -0.4 is 14.8 Å². The van der Waals surface area contributed by atoms with Crippen molar-refractivity contribution in [1.82, 2.24) is 4.72 Å². The topological polar surface area (TPSA) is 122 Å². The normalized spacial score (nSPS) is 13.8. The largest absolute Gasteiger partial charge is 0.495 e. The van der Waals surface area contributed by atoms with Crippen LogP contribution in [0, 0.1) is 5.92 Å². The first-order valence-electron chi connectivity index (χ1n) is 7.43. The molecule has 0 aliphatic heterocycles. The van der Waals surface area contributed by atoms with Gasteiger partial charge in [-0.05, 0) is 12.0 Å². The van der Waals surface area contributed by atoms with Crippen LogP contribution in [0.1, 0.15) is 27.2 Å². The second-order valence-electron chi connectivity index (χ2n) is 5.49. The summed E-state index contributed by atoms with van der Waals surface area (Å²) >= 11 is 6.02. The number of carboxylic acid groups (broad SMARTS) is 1. The number of hydrogen-bond donors (Lipinski definition) is 3. The number of nitrogens with one attached hydrogen (secondary N) is 2. The predicted octanol–water partition coefficient (Wildman–Crippen LogP) is 2.08. The van der Waals surface area contributed by atoms with E-state index in [9.17, 15) is 23.1 Å². The van der Waals surface area contributed by atoms with Gasteiger partial charge >= 0.3 is 5.97 Å². The summed E-state index contributed by atoms with van der Waals surface area (Å²) in [7, 11) is -2.97. The number of methoxy groups -OCH3 is 1. The summed E-state index contributed by atoms with van der Waals surface area (Å²) < 4.78 is 32.5. The Hall–Kier alpha value is -1.84. The van der Waals surface area contributed by atoms with Crippen molar-refractivity contribution in [2.24, 2.45) is 5.92 Å². The quantitative estimate of drug-likeness (QED) is 0.622. The molecule has 0 bridgehead atoms. The fraction of sp³-hybridized carbons (Fsp3) is 0.467. The van der Waals surface area contributed by atoms with Gasteiger partial charge in [0.15, 0.2) is 0 Å². The molecule has 25 heavy (non-hydrogen) atoms. The summed E-state index contributed by atoms with van der Waals surface area (Å²) in [4.78, 5) is 22.2. The zero-order chi connectivity index (χ0) is 19.4. The molecule has 10 heteroatoms. The van der Waals surface area contributed by atoms with E-state index in [1.54, 1.807) is 13.8 Å². The van der Waals surface area contributed by atoms with Crippen LogP contribution in [0.25, 0.3) is 0 Å². The molecule has 1 aromatic rings. The van der Waals surface area contributed by atoms with Crippen LogP contribution in [0.15, 0.2) is 17.0 Å². The average molecular weight is 393 g/mol. The molecule has 0 aromatic heterocycles. The number of benzene rings is 1. The zero-order valence-electron chi connectivity index (χ0n) is 14.3. The molecule has 0 fully saturated rings. The van der Waals surface area contributed by atoms with Crippen LogP contribution >= 0.6 is 11.6 Å². The maximum Gasteiger partial charge on any atom is 0.322 e. The van der Waals surface area contributed by atoms with E-state index in [0.717, 1.165) is 6.07 Å². The SMILES string of the molecule is CC[C@H](C)[C@H](NS(=O)(=O)c1cc(Cl)c(NC(C)=O)cc1OC)C(=O)O. The van der Waals surface area contributed by atoms with Crippen molar-refractivity contribution >= 4 is 39.2 Å². The van der Waals surface area contributed by atoms with E-state index >= 15 is 0 Å². The molecular formula is C15H21ClN2O6S. The molecule has 0 saturated heterocycles. The number of halogens is 1. The van der Waals surface area contributed by atoms with Crippen molar-refractivity contribution < 1.29 is 27.9 Å². The van der Waals surface area contributed by atoms with Crippen LogP contribution in [-0.2, 0) is 19.6 Å². The molecule has 0 aliphatic rings. The maximum absolute atomic E-state index is 12.6. The third kappa shape index (κ3) is 5.32. The van der Waals surface area contributed by atoms with E-state index < -0.39 is 28.0 Å². The highest BCUT2D eigenvalue weighted by molar-refractivity contribution is 7.89. The highest BCUT2D eigenvalue weighted by Crippen LogP contribution is 2.34. The van der Waals surface area contributed by atoms with Gasteiger partial charge in [-0.1, -0.05) is 31.9 Å². The molecule has 0 saturated carbocycles. The predicted molar refractivity (Wildman–Crippen MR) is 93.5 cm³/mol. The van der Waals surface area contributed by atoms with Crippen LogP contribution in [0.3, 0.4) is 0 Å². The monoisotopic (exact) mass is 392 g/mol. The number of ether oxygens (including phenoxy) is 1. The van der Waals surface area contributed by atoms with Crippen LogP contribution in [-0.4, -0.2) is 38.6 Å². The van der Waals surface area contributed by atoms with Crippen molar-refractivity contribution in [3.63, 3.8) is 0 Å². The van der Waals surface area contributed by atoms with Crippen LogP contribution in [0.4, 0.5) is 5.69 Å². The van der Waals surface area contributed by atoms with Crippen LogP contribution in [0.2, 0.25) is 5.02 Å². The lowest BCUT2D eigenvalue weighted by Crippen LogP contribution is -2.44. The Morgan fingerprint density at radius 3 is 2.40 bits per heavy atom. The van der Waals surface area contributed by atoms with Crippen molar-refractivity contribution in [2.75, 3.05) is 12.4 Å². The minimum atomic E-state index is -4.22. The van der Waals surface area contributed by atoms with Gasteiger partial charge in [0.25, 0.3) is 0 Å². The van der Waals surface area contributed by atoms with E-state index in [2.05, 4.69) is 10.0 Å². The number of carbonyl (C=O) groups excluding carboxylic acids is 1. The number of anilines is 1. The van der Waals surface area contributed by atoms with Crippen molar-refractivity contribution in [2.45, 2.75) is 38.1 Å². The molecule has 0 aliphatic carbocycles. The minimum Gasteiger partial charge on any atom is -0.495 e. The summed E-state index contributed by atoms with van der Waals surface area (Å²) in [5.74, 6) is -2.17. The van der Waals surface area contributed by atoms with E-state index in [1.807, 2.05) is 0 Å². The fourth-order valence-electron chi connectivity index (χ4n) is 2.07. The summed E-state index contributed by atoms with van der Waals surface area (Å²) in [6.45, 7) is 4.67. The second kappa shape index (κ2) is 8.50. The summed E-state index contributed by atoms with van der Waals surface area (Å²) in [6, 6.07) is 1.06. The molecule has 0 spiro atoms. The maximum atomic E-state index is 12.6. The molecule has 1 rings (SSSR count). The fourth-order valence-corrected chi connectivity index (χ4v) is 3.82. The van der Waals surface area contributed by atoms with Gasteiger partial charge in [-0.25, -0.2) is 8.42 Å². The standard InChI is InChI=1S/C15H21ClN2O6S/c1-5-8(2)14(15(20)21)18-25(22,23)13-6-10(16)11(17-9(3)19)7-12(13)24-4/h6-8,14,18H,5H2,1-4H3,(H,17,19)(H,20,21)/t8-,14-/m0/s1. The van der Waals surface area contributed by atoms with Crippen molar-refractivity contribution in [1.29, 1.82) is 0 Å². The Labute approximate surface area is 151 Å². The lowest BCUT2D eigenvalue weighted by Gasteiger charge is -2.21.